The quantitative estimate of drug-likeness (QED) is 0.327. The maximum absolute atomic E-state index is 13.9. The molecule has 0 radical (unpaired) electrons. The Kier molecular flexibility index (Phi) is 9.63. The van der Waals surface area contributed by atoms with Gasteiger partial charge in [-0.25, -0.2) is 0 Å². The standard InChI is InChI=1S/C29H36N2O4S2/c1-20-14-17-37-28(20)27(29(33)30-22-8-5-4-6-9-22)31(26(32)19-23-10-7-16-36-23)15-13-21-11-12-24(34-2)25(18-21)35-3/h7,10-12,14,16-18,22,27H,4-6,8-9,13,15,19H2,1-3H3,(H,30,33). The molecule has 1 unspecified atom stereocenters. The third-order valence-electron chi connectivity index (χ3n) is 6.98. The maximum Gasteiger partial charge on any atom is 0.248 e. The molecule has 198 valence electrons. The van der Waals surface area contributed by atoms with Crippen LogP contribution in [0.1, 0.15) is 59.0 Å². The van der Waals surface area contributed by atoms with Gasteiger partial charge in [-0.15, -0.1) is 22.7 Å². The number of amides is 2. The molecule has 1 aromatic carbocycles. The number of thiophene rings is 2. The number of hydrogen-bond donors (Lipinski definition) is 1. The third kappa shape index (κ3) is 6.93. The van der Waals surface area contributed by atoms with Crippen LogP contribution < -0.4 is 14.8 Å². The molecule has 0 aliphatic heterocycles. The predicted molar refractivity (Wildman–Crippen MR) is 150 cm³/mol. The molecule has 1 N–H and O–H groups in total. The van der Waals surface area contributed by atoms with Crippen LogP contribution in [0.3, 0.4) is 0 Å². The van der Waals surface area contributed by atoms with E-state index in [-0.39, 0.29) is 24.3 Å². The number of benzene rings is 1. The van der Waals surface area contributed by atoms with Crippen molar-refractivity contribution in [3.63, 3.8) is 0 Å². The monoisotopic (exact) mass is 540 g/mol. The average molecular weight is 541 g/mol. The van der Waals surface area contributed by atoms with Crippen LogP contribution in [0.4, 0.5) is 0 Å². The van der Waals surface area contributed by atoms with Gasteiger partial charge in [-0.2, -0.15) is 0 Å². The molecule has 0 spiro atoms. The SMILES string of the molecule is COc1ccc(CCN(C(=O)Cc2cccs2)C(C(=O)NC2CCCCC2)c2sccc2C)cc1OC. The Bertz CT molecular complexity index is 1170. The summed E-state index contributed by atoms with van der Waals surface area (Å²) >= 11 is 3.11. The van der Waals surface area contributed by atoms with Crippen molar-refractivity contribution in [3.05, 3.63) is 68.0 Å². The lowest BCUT2D eigenvalue weighted by molar-refractivity contribution is -0.140. The molecule has 1 fully saturated rings. The van der Waals surface area contributed by atoms with Gasteiger partial charge in [-0.3, -0.25) is 9.59 Å². The summed E-state index contributed by atoms with van der Waals surface area (Å²) in [5.41, 5.74) is 2.05. The van der Waals surface area contributed by atoms with Gasteiger partial charge in [-0.05, 0) is 72.3 Å². The van der Waals surface area contributed by atoms with E-state index < -0.39 is 6.04 Å². The first-order valence-corrected chi connectivity index (χ1v) is 14.6. The van der Waals surface area contributed by atoms with Gasteiger partial charge in [0, 0.05) is 22.3 Å². The fourth-order valence-electron chi connectivity index (χ4n) is 4.94. The number of rotatable bonds is 11. The van der Waals surface area contributed by atoms with E-state index in [0.29, 0.717) is 24.5 Å². The van der Waals surface area contributed by atoms with Gasteiger partial charge >= 0.3 is 0 Å². The van der Waals surface area contributed by atoms with E-state index in [1.54, 1.807) is 41.8 Å². The van der Waals surface area contributed by atoms with Crippen molar-refractivity contribution in [2.24, 2.45) is 0 Å². The second-order valence-electron chi connectivity index (χ2n) is 9.50. The van der Waals surface area contributed by atoms with Gasteiger partial charge in [0.2, 0.25) is 11.8 Å². The first-order chi connectivity index (χ1) is 18.0. The van der Waals surface area contributed by atoms with Gasteiger partial charge in [0.1, 0.15) is 6.04 Å². The van der Waals surface area contributed by atoms with Gasteiger partial charge in [0.25, 0.3) is 0 Å². The molecule has 8 heteroatoms. The fourth-order valence-corrected chi connectivity index (χ4v) is 6.67. The Morgan fingerprint density at radius 1 is 1.03 bits per heavy atom. The lowest BCUT2D eigenvalue weighted by Gasteiger charge is -2.33. The zero-order chi connectivity index (χ0) is 26.2. The van der Waals surface area contributed by atoms with Crippen molar-refractivity contribution in [3.8, 4) is 11.5 Å². The Balaban J connectivity index is 1.63. The summed E-state index contributed by atoms with van der Waals surface area (Å²) in [6.07, 6.45) is 6.35. The van der Waals surface area contributed by atoms with Crippen molar-refractivity contribution in [1.82, 2.24) is 10.2 Å². The smallest absolute Gasteiger partial charge is 0.248 e. The van der Waals surface area contributed by atoms with Gasteiger partial charge in [-0.1, -0.05) is 31.4 Å². The molecule has 2 heterocycles. The van der Waals surface area contributed by atoms with E-state index in [9.17, 15) is 9.59 Å². The average Bonchev–Trinajstić information content (AvgIpc) is 3.58. The van der Waals surface area contributed by atoms with Crippen LogP contribution in [0, 0.1) is 6.92 Å². The normalized spacial score (nSPS) is 14.7. The number of ether oxygens (including phenoxy) is 2. The molecule has 3 aromatic rings. The number of methoxy groups -OCH3 is 2. The van der Waals surface area contributed by atoms with Gasteiger partial charge < -0.3 is 19.7 Å². The Morgan fingerprint density at radius 2 is 1.81 bits per heavy atom. The molecular formula is C29H36N2O4S2. The number of nitrogens with zero attached hydrogens (tertiary/aromatic N) is 1. The van der Waals surface area contributed by atoms with Crippen LogP contribution in [-0.2, 0) is 22.4 Å². The van der Waals surface area contributed by atoms with Crippen molar-refractivity contribution >= 4 is 34.5 Å². The molecule has 2 amide bonds. The van der Waals surface area contributed by atoms with Crippen LogP contribution in [0.25, 0.3) is 0 Å². The Labute approximate surface area is 227 Å². The van der Waals surface area contributed by atoms with Crippen molar-refractivity contribution in [2.45, 2.75) is 64.0 Å². The molecule has 1 saturated carbocycles. The molecule has 2 aromatic heterocycles. The lowest BCUT2D eigenvalue weighted by Crippen LogP contribution is -2.48. The van der Waals surface area contributed by atoms with Gasteiger partial charge in [0.15, 0.2) is 11.5 Å². The highest BCUT2D eigenvalue weighted by atomic mass is 32.1. The predicted octanol–water partition coefficient (Wildman–Crippen LogP) is 5.94. The Morgan fingerprint density at radius 3 is 2.46 bits per heavy atom. The summed E-state index contributed by atoms with van der Waals surface area (Å²) in [5.74, 6) is 1.19. The molecule has 0 saturated heterocycles. The number of hydrogen-bond acceptors (Lipinski definition) is 6. The summed E-state index contributed by atoms with van der Waals surface area (Å²) in [6.45, 7) is 2.43. The molecule has 37 heavy (non-hydrogen) atoms. The topological polar surface area (TPSA) is 67.9 Å². The zero-order valence-electron chi connectivity index (χ0n) is 21.8. The highest BCUT2D eigenvalue weighted by Gasteiger charge is 2.34. The van der Waals surface area contributed by atoms with Crippen molar-refractivity contribution in [2.75, 3.05) is 20.8 Å². The van der Waals surface area contributed by atoms with E-state index in [1.165, 1.54) is 6.42 Å². The second-order valence-corrected chi connectivity index (χ2v) is 11.5. The molecule has 1 aliphatic rings. The first kappa shape index (κ1) is 27.2. The molecule has 1 aliphatic carbocycles. The number of aryl methyl sites for hydroxylation is 1. The number of carbonyl (C=O) groups excluding carboxylic acids is 2. The molecular weight excluding hydrogens is 504 g/mol. The highest BCUT2D eigenvalue weighted by molar-refractivity contribution is 7.10. The molecule has 6 nitrogen and oxygen atoms in total. The van der Waals surface area contributed by atoms with Gasteiger partial charge in [0.05, 0.1) is 20.6 Å². The number of nitrogens with one attached hydrogen (secondary N) is 1. The van der Waals surface area contributed by atoms with E-state index in [0.717, 1.165) is 46.6 Å². The first-order valence-electron chi connectivity index (χ1n) is 12.9. The Hall–Kier alpha value is -2.84. The lowest BCUT2D eigenvalue weighted by atomic mass is 9.95. The maximum atomic E-state index is 13.9. The van der Waals surface area contributed by atoms with E-state index in [4.69, 9.17) is 9.47 Å². The van der Waals surface area contributed by atoms with Crippen molar-refractivity contribution < 1.29 is 19.1 Å². The van der Waals surface area contributed by atoms with Crippen LogP contribution >= 0.6 is 22.7 Å². The highest BCUT2D eigenvalue weighted by Crippen LogP contribution is 2.32. The fraction of sp³-hybridized carbons (Fsp3) is 0.448. The zero-order valence-corrected chi connectivity index (χ0v) is 23.5. The van der Waals surface area contributed by atoms with Crippen molar-refractivity contribution in [1.29, 1.82) is 0 Å². The van der Waals surface area contributed by atoms with Crippen LogP contribution in [-0.4, -0.2) is 43.5 Å². The summed E-state index contributed by atoms with van der Waals surface area (Å²) in [7, 11) is 3.23. The number of carbonyl (C=O) groups is 2. The van der Waals surface area contributed by atoms with Crippen LogP contribution in [0.5, 0.6) is 11.5 Å². The second kappa shape index (κ2) is 13.1. The summed E-state index contributed by atoms with van der Waals surface area (Å²) < 4.78 is 10.9. The third-order valence-corrected chi connectivity index (χ3v) is 8.92. The van der Waals surface area contributed by atoms with Crippen LogP contribution in [0.15, 0.2) is 47.2 Å². The minimum Gasteiger partial charge on any atom is -0.493 e. The van der Waals surface area contributed by atoms with E-state index >= 15 is 0 Å². The van der Waals surface area contributed by atoms with E-state index in [2.05, 4.69) is 5.32 Å². The van der Waals surface area contributed by atoms with E-state index in [1.807, 2.05) is 54.1 Å². The summed E-state index contributed by atoms with van der Waals surface area (Å²) in [4.78, 5) is 31.4. The minimum absolute atomic E-state index is 0.0421. The minimum atomic E-state index is -0.658. The molecule has 0 bridgehead atoms. The largest absolute Gasteiger partial charge is 0.493 e. The van der Waals surface area contributed by atoms with Crippen LogP contribution in [0.2, 0.25) is 0 Å². The summed E-state index contributed by atoms with van der Waals surface area (Å²) in [6, 6.07) is 11.3. The molecule has 1 atom stereocenters. The summed E-state index contributed by atoms with van der Waals surface area (Å²) in [5, 5.41) is 7.28. The molecule has 4 rings (SSSR count).